The summed E-state index contributed by atoms with van der Waals surface area (Å²) < 4.78 is 8.84. The normalized spacial score (nSPS) is 10.4. The van der Waals surface area contributed by atoms with Gasteiger partial charge in [-0.25, -0.2) is 9.59 Å². The summed E-state index contributed by atoms with van der Waals surface area (Å²) in [6.07, 6.45) is 0.533. The molecule has 1 unspecified atom stereocenters. The lowest BCUT2D eigenvalue weighted by atomic mass is 10.4. The van der Waals surface area contributed by atoms with Crippen molar-refractivity contribution in [2.75, 3.05) is 13.2 Å². The number of ether oxygens (including phenoxy) is 2. The Balaban J connectivity index is 0. The summed E-state index contributed by atoms with van der Waals surface area (Å²) in [7, 11) is 0. The monoisotopic (exact) mass is 260 g/mol. The minimum absolute atomic E-state index is 0.0461. The van der Waals surface area contributed by atoms with E-state index in [2.05, 4.69) is 22.6 Å². The van der Waals surface area contributed by atoms with Crippen molar-refractivity contribution in [1.82, 2.24) is 0 Å². The highest BCUT2D eigenvalue weighted by molar-refractivity contribution is 5.86. The van der Waals surface area contributed by atoms with Gasteiger partial charge in [0.2, 0.25) is 0 Å². The molecule has 0 rings (SSSR count). The third-order valence-electron chi connectivity index (χ3n) is 1.34. The summed E-state index contributed by atoms with van der Waals surface area (Å²) in [5.41, 5.74) is 0.288. The Morgan fingerprint density at radius 1 is 1.44 bits per heavy atom. The standard InChI is InChI=1S/2C6H10O3/c1-4(2)6(8)9-5(3)7;1-2-6(8)9-5-3-4-7/h5,7H,1H2,2-3H3;2,7H,1,3-5H2. The first-order valence-electron chi connectivity index (χ1n) is 5.29. The smallest absolute Gasteiger partial charge is 0.335 e. The maximum Gasteiger partial charge on any atom is 0.335 e. The molecule has 0 aliphatic carbocycles. The topological polar surface area (TPSA) is 93.1 Å². The van der Waals surface area contributed by atoms with Gasteiger partial charge in [0.15, 0.2) is 6.29 Å². The van der Waals surface area contributed by atoms with Crippen LogP contribution in [0.4, 0.5) is 0 Å². The number of aliphatic hydroxyl groups excluding tert-OH is 2. The van der Waals surface area contributed by atoms with Crippen molar-refractivity contribution in [1.29, 1.82) is 0 Å². The lowest BCUT2D eigenvalue weighted by Gasteiger charge is -2.04. The number of esters is 2. The van der Waals surface area contributed by atoms with Crippen LogP contribution in [0.3, 0.4) is 0 Å². The second-order valence-electron chi connectivity index (χ2n) is 3.23. The SMILES string of the molecule is C=C(C)C(=O)OC(C)O.C=CC(=O)OCCCO. The van der Waals surface area contributed by atoms with E-state index in [-0.39, 0.29) is 18.8 Å². The number of rotatable bonds is 6. The molecule has 0 saturated carbocycles. The first kappa shape index (κ1) is 18.7. The summed E-state index contributed by atoms with van der Waals surface area (Å²) in [6, 6.07) is 0. The van der Waals surface area contributed by atoms with E-state index < -0.39 is 18.2 Å². The van der Waals surface area contributed by atoms with E-state index >= 15 is 0 Å². The maximum absolute atomic E-state index is 10.5. The van der Waals surface area contributed by atoms with Gasteiger partial charge < -0.3 is 19.7 Å². The summed E-state index contributed by atoms with van der Waals surface area (Å²) in [6.45, 7) is 9.72. The highest BCUT2D eigenvalue weighted by Crippen LogP contribution is 1.94. The van der Waals surface area contributed by atoms with Crippen LogP contribution in [-0.2, 0) is 19.1 Å². The van der Waals surface area contributed by atoms with Gasteiger partial charge in [0.25, 0.3) is 0 Å². The highest BCUT2D eigenvalue weighted by Gasteiger charge is 2.04. The van der Waals surface area contributed by atoms with Gasteiger partial charge in [0.1, 0.15) is 0 Å². The minimum Gasteiger partial charge on any atom is -0.462 e. The second kappa shape index (κ2) is 11.8. The molecular formula is C12H20O6. The van der Waals surface area contributed by atoms with Crippen LogP contribution < -0.4 is 0 Å². The van der Waals surface area contributed by atoms with E-state index in [1.165, 1.54) is 13.8 Å². The van der Waals surface area contributed by atoms with E-state index in [1.807, 2.05) is 0 Å². The molecule has 6 nitrogen and oxygen atoms in total. The minimum atomic E-state index is -1.05. The Morgan fingerprint density at radius 3 is 2.28 bits per heavy atom. The van der Waals surface area contributed by atoms with E-state index in [0.717, 1.165) is 6.08 Å². The molecule has 0 aliphatic heterocycles. The lowest BCUT2D eigenvalue weighted by molar-refractivity contribution is -0.159. The summed E-state index contributed by atoms with van der Waals surface area (Å²) in [4.78, 5) is 20.7. The Kier molecular flexibility index (Phi) is 12.3. The summed E-state index contributed by atoms with van der Waals surface area (Å²) in [5.74, 6) is -1.01. The van der Waals surface area contributed by atoms with Gasteiger partial charge in [-0.3, -0.25) is 0 Å². The van der Waals surface area contributed by atoms with E-state index in [9.17, 15) is 9.59 Å². The molecule has 6 heteroatoms. The van der Waals surface area contributed by atoms with Gasteiger partial charge in [-0.15, -0.1) is 0 Å². The van der Waals surface area contributed by atoms with Crippen LogP contribution in [0.25, 0.3) is 0 Å². The van der Waals surface area contributed by atoms with Crippen molar-refractivity contribution < 1.29 is 29.3 Å². The van der Waals surface area contributed by atoms with Gasteiger partial charge >= 0.3 is 11.9 Å². The number of hydrogen-bond acceptors (Lipinski definition) is 6. The molecule has 2 N–H and O–H groups in total. The zero-order chi connectivity index (χ0) is 14.6. The fourth-order valence-corrected chi connectivity index (χ4v) is 0.552. The molecule has 0 saturated heterocycles. The van der Waals surface area contributed by atoms with Crippen LogP contribution in [0.2, 0.25) is 0 Å². The van der Waals surface area contributed by atoms with Gasteiger partial charge in [-0.2, -0.15) is 0 Å². The Bertz CT molecular complexity index is 282. The first-order chi connectivity index (χ1) is 8.34. The van der Waals surface area contributed by atoms with Crippen molar-refractivity contribution in [2.24, 2.45) is 0 Å². The largest absolute Gasteiger partial charge is 0.462 e. The van der Waals surface area contributed by atoms with Crippen LogP contribution in [0.1, 0.15) is 20.3 Å². The van der Waals surface area contributed by atoms with Crippen LogP contribution in [0.15, 0.2) is 24.8 Å². The van der Waals surface area contributed by atoms with Crippen molar-refractivity contribution in [3.05, 3.63) is 24.8 Å². The lowest BCUT2D eigenvalue weighted by Crippen LogP contribution is -2.13. The zero-order valence-electron chi connectivity index (χ0n) is 10.7. The van der Waals surface area contributed by atoms with Crippen molar-refractivity contribution in [2.45, 2.75) is 26.6 Å². The molecule has 0 heterocycles. The molecule has 0 amide bonds. The van der Waals surface area contributed by atoms with E-state index in [1.54, 1.807) is 0 Å². The molecule has 1 atom stereocenters. The van der Waals surface area contributed by atoms with E-state index in [0.29, 0.717) is 6.42 Å². The molecule has 0 radical (unpaired) electrons. The Morgan fingerprint density at radius 2 is 2.00 bits per heavy atom. The average Bonchev–Trinajstić information content (AvgIpc) is 2.29. The quantitative estimate of drug-likeness (QED) is 0.313. The van der Waals surface area contributed by atoms with Crippen LogP contribution in [-0.4, -0.2) is 41.7 Å². The van der Waals surface area contributed by atoms with Crippen LogP contribution in [0, 0.1) is 0 Å². The summed E-state index contributed by atoms with van der Waals surface area (Å²) >= 11 is 0. The maximum atomic E-state index is 10.5. The Hall–Kier alpha value is -1.66. The average molecular weight is 260 g/mol. The van der Waals surface area contributed by atoms with Crippen molar-refractivity contribution >= 4 is 11.9 Å². The highest BCUT2D eigenvalue weighted by atomic mass is 16.6. The van der Waals surface area contributed by atoms with Crippen molar-refractivity contribution in [3.8, 4) is 0 Å². The fourth-order valence-electron chi connectivity index (χ4n) is 0.552. The van der Waals surface area contributed by atoms with Crippen LogP contribution >= 0.6 is 0 Å². The predicted octanol–water partition coefficient (Wildman–Crippen LogP) is 0.542. The third-order valence-corrected chi connectivity index (χ3v) is 1.34. The molecule has 0 aromatic carbocycles. The number of hydrogen-bond donors (Lipinski definition) is 2. The van der Waals surface area contributed by atoms with Gasteiger partial charge in [-0.05, 0) is 13.8 Å². The predicted molar refractivity (Wildman–Crippen MR) is 65.4 cm³/mol. The molecule has 0 fully saturated rings. The summed E-state index contributed by atoms with van der Waals surface area (Å²) in [5, 5.41) is 16.7. The molecule has 18 heavy (non-hydrogen) atoms. The van der Waals surface area contributed by atoms with Crippen molar-refractivity contribution in [3.63, 3.8) is 0 Å². The van der Waals surface area contributed by atoms with Gasteiger partial charge in [0, 0.05) is 24.7 Å². The molecule has 0 aromatic heterocycles. The molecular weight excluding hydrogens is 240 g/mol. The van der Waals surface area contributed by atoms with E-state index in [4.69, 9.17) is 10.2 Å². The number of carbonyl (C=O) groups is 2. The van der Waals surface area contributed by atoms with Gasteiger partial charge in [0.05, 0.1) is 6.61 Å². The molecule has 104 valence electrons. The molecule has 0 spiro atoms. The first-order valence-corrected chi connectivity index (χ1v) is 5.29. The second-order valence-corrected chi connectivity index (χ2v) is 3.23. The molecule has 0 bridgehead atoms. The fraction of sp³-hybridized carbons (Fsp3) is 0.500. The molecule has 0 aromatic rings. The molecule has 0 aliphatic rings. The third kappa shape index (κ3) is 14.3. The zero-order valence-corrected chi connectivity index (χ0v) is 10.7. The van der Waals surface area contributed by atoms with Crippen LogP contribution in [0.5, 0.6) is 0 Å². The number of aliphatic hydroxyl groups is 2. The number of carbonyl (C=O) groups excluding carboxylic acids is 2. The Labute approximate surface area is 107 Å². The van der Waals surface area contributed by atoms with Gasteiger partial charge in [-0.1, -0.05) is 13.2 Å².